The molecule has 0 radical (unpaired) electrons. The molecular weight excluding hydrogens is 416 g/mol. The van der Waals surface area contributed by atoms with Crippen LogP contribution in [0.2, 0.25) is 0 Å². The first-order valence-corrected chi connectivity index (χ1v) is 8.63. The van der Waals surface area contributed by atoms with Crippen LogP contribution in [-0.4, -0.2) is 32.1 Å². The molecule has 1 fully saturated rings. The van der Waals surface area contributed by atoms with Gasteiger partial charge in [-0.05, 0) is 36.4 Å². The highest BCUT2D eigenvalue weighted by atomic mass is 79.9. The molecule has 138 valence electrons. The van der Waals surface area contributed by atoms with Crippen molar-refractivity contribution < 1.29 is 23.9 Å². The number of ether oxygens (including phenoxy) is 2. The largest absolute Gasteiger partial charge is 0.497 e. The Morgan fingerprint density at radius 1 is 1.04 bits per heavy atom. The summed E-state index contributed by atoms with van der Waals surface area (Å²) in [5, 5.41) is 2.19. The van der Waals surface area contributed by atoms with Crippen LogP contribution in [0.4, 0.5) is 10.5 Å². The highest BCUT2D eigenvalue weighted by molar-refractivity contribution is 9.10. The van der Waals surface area contributed by atoms with Gasteiger partial charge in [0, 0.05) is 16.1 Å². The number of urea groups is 1. The molecule has 7 nitrogen and oxygen atoms in total. The van der Waals surface area contributed by atoms with Crippen LogP contribution in [0, 0.1) is 0 Å². The minimum absolute atomic E-state index is 0.182. The molecule has 3 rings (SSSR count). The van der Waals surface area contributed by atoms with Crippen LogP contribution in [0.1, 0.15) is 5.56 Å². The number of nitrogens with zero attached hydrogens (tertiary/aromatic N) is 1. The zero-order valence-electron chi connectivity index (χ0n) is 14.5. The van der Waals surface area contributed by atoms with Gasteiger partial charge < -0.3 is 9.47 Å². The molecule has 1 saturated heterocycles. The average Bonchev–Trinajstić information content (AvgIpc) is 2.65. The van der Waals surface area contributed by atoms with Gasteiger partial charge in [-0.25, -0.2) is 9.69 Å². The number of rotatable bonds is 4. The van der Waals surface area contributed by atoms with E-state index >= 15 is 0 Å². The molecule has 2 aromatic rings. The fourth-order valence-electron chi connectivity index (χ4n) is 2.60. The van der Waals surface area contributed by atoms with Crippen LogP contribution in [0.25, 0.3) is 6.08 Å². The van der Waals surface area contributed by atoms with E-state index in [0.717, 1.165) is 4.90 Å². The lowest BCUT2D eigenvalue weighted by molar-refractivity contribution is -0.122. The van der Waals surface area contributed by atoms with Crippen LogP contribution in [0.3, 0.4) is 0 Å². The van der Waals surface area contributed by atoms with Gasteiger partial charge in [0.05, 0.1) is 19.9 Å². The van der Waals surface area contributed by atoms with E-state index in [9.17, 15) is 14.4 Å². The van der Waals surface area contributed by atoms with Crippen molar-refractivity contribution >= 4 is 45.5 Å². The van der Waals surface area contributed by atoms with Crippen LogP contribution in [0.5, 0.6) is 11.5 Å². The van der Waals surface area contributed by atoms with Crippen molar-refractivity contribution in [2.45, 2.75) is 0 Å². The molecule has 0 aliphatic carbocycles. The molecular formula is C19H15BrN2O5. The topological polar surface area (TPSA) is 84.9 Å². The van der Waals surface area contributed by atoms with Gasteiger partial charge in [0.2, 0.25) is 0 Å². The normalized spacial score (nSPS) is 15.7. The highest BCUT2D eigenvalue weighted by Crippen LogP contribution is 2.29. The number of carbonyl (C=O) groups excluding carboxylic acids is 3. The first-order valence-electron chi connectivity index (χ1n) is 7.83. The average molecular weight is 431 g/mol. The maximum atomic E-state index is 12.9. The van der Waals surface area contributed by atoms with E-state index in [4.69, 9.17) is 9.47 Å². The van der Waals surface area contributed by atoms with Crippen molar-refractivity contribution in [1.82, 2.24) is 5.32 Å². The summed E-state index contributed by atoms with van der Waals surface area (Å²) in [6, 6.07) is 10.8. The Balaban J connectivity index is 2.04. The van der Waals surface area contributed by atoms with Crippen molar-refractivity contribution in [3.63, 3.8) is 0 Å². The van der Waals surface area contributed by atoms with Gasteiger partial charge in [0.1, 0.15) is 17.1 Å². The minimum atomic E-state index is -0.804. The summed E-state index contributed by atoms with van der Waals surface area (Å²) in [6.45, 7) is 0. The number of hydrogen-bond acceptors (Lipinski definition) is 5. The molecule has 1 heterocycles. The van der Waals surface area contributed by atoms with E-state index in [1.807, 2.05) is 0 Å². The molecule has 1 aliphatic heterocycles. The Hall–Kier alpha value is -3.13. The van der Waals surface area contributed by atoms with Gasteiger partial charge in [-0.15, -0.1) is 0 Å². The lowest BCUT2D eigenvalue weighted by Gasteiger charge is -2.26. The second-order valence-electron chi connectivity index (χ2n) is 5.55. The number of nitrogens with one attached hydrogen (secondary N) is 1. The zero-order chi connectivity index (χ0) is 19.6. The maximum absolute atomic E-state index is 12.9. The van der Waals surface area contributed by atoms with E-state index in [1.165, 1.54) is 20.3 Å². The summed E-state index contributed by atoms with van der Waals surface area (Å²) in [5.74, 6) is -0.499. The van der Waals surface area contributed by atoms with Gasteiger partial charge in [-0.1, -0.05) is 22.0 Å². The highest BCUT2D eigenvalue weighted by Gasteiger charge is 2.37. The summed E-state index contributed by atoms with van der Waals surface area (Å²) in [4.78, 5) is 38.3. The predicted octanol–water partition coefficient (Wildman–Crippen LogP) is 3.13. The summed E-state index contributed by atoms with van der Waals surface area (Å²) in [7, 11) is 2.99. The van der Waals surface area contributed by atoms with E-state index in [2.05, 4.69) is 21.2 Å². The number of carbonyl (C=O) groups is 3. The number of benzene rings is 2. The number of hydrogen-bond donors (Lipinski definition) is 1. The first-order chi connectivity index (χ1) is 12.9. The molecule has 1 aliphatic rings. The van der Waals surface area contributed by atoms with Crippen LogP contribution >= 0.6 is 15.9 Å². The van der Waals surface area contributed by atoms with Crippen LogP contribution in [-0.2, 0) is 9.59 Å². The molecule has 0 spiro atoms. The second kappa shape index (κ2) is 7.63. The van der Waals surface area contributed by atoms with E-state index < -0.39 is 17.8 Å². The first kappa shape index (κ1) is 18.7. The van der Waals surface area contributed by atoms with Crippen molar-refractivity contribution in [2.75, 3.05) is 19.1 Å². The van der Waals surface area contributed by atoms with Crippen molar-refractivity contribution in [3.8, 4) is 11.5 Å². The van der Waals surface area contributed by atoms with Gasteiger partial charge in [-0.3, -0.25) is 14.9 Å². The monoisotopic (exact) mass is 430 g/mol. The Morgan fingerprint density at radius 3 is 2.48 bits per heavy atom. The predicted molar refractivity (Wildman–Crippen MR) is 103 cm³/mol. The lowest BCUT2D eigenvalue weighted by atomic mass is 10.1. The number of halogens is 1. The molecule has 8 heteroatoms. The molecule has 27 heavy (non-hydrogen) atoms. The van der Waals surface area contributed by atoms with Crippen molar-refractivity contribution in [1.29, 1.82) is 0 Å². The second-order valence-corrected chi connectivity index (χ2v) is 6.46. The summed E-state index contributed by atoms with van der Waals surface area (Å²) >= 11 is 3.30. The van der Waals surface area contributed by atoms with E-state index in [1.54, 1.807) is 42.5 Å². The third-order valence-electron chi connectivity index (χ3n) is 3.91. The molecule has 0 bridgehead atoms. The van der Waals surface area contributed by atoms with E-state index in [-0.39, 0.29) is 5.57 Å². The Labute approximate surface area is 163 Å². The summed E-state index contributed by atoms with van der Waals surface area (Å²) < 4.78 is 11.1. The molecule has 0 atom stereocenters. The molecule has 1 N–H and O–H groups in total. The zero-order valence-corrected chi connectivity index (χ0v) is 16.1. The number of methoxy groups -OCH3 is 2. The Bertz CT molecular complexity index is 970. The summed E-state index contributed by atoms with van der Waals surface area (Å²) in [6.07, 6.45) is 1.38. The number of imide groups is 2. The number of amides is 4. The number of anilines is 1. The minimum Gasteiger partial charge on any atom is -0.497 e. The van der Waals surface area contributed by atoms with E-state index in [0.29, 0.717) is 27.2 Å². The standard InChI is InChI=1S/C19H15BrN2O5/c1-26-14-7-6-11(16(10-14)27-2)8-15-17(23)21-19(25)22(18(15)24)13-5-3-4-12(20)9-13/h3-10H,1-2H3,(H,21,23,25). The molecule has 0 unspecified atom stereocenters. The van der Waals surface area contributed by atoms with Crippen LogP contribution < -0.4 is 19.7 Å². The summed E-state index contributed by atoms with van der Waals surface area (Å²) in [5.41, 5.74) is 0.658. The fourth-order valence-corrected chi connectivity index (χ4v) is 2.99. The SMILES string of the molecule is COc1ccc(C=C2C(=O)NC(=O)N(c3cccc(Br)c3)C2=O)c(OC)c1. The molecule has 4 amide bonds. The fraction of sp³-hybridized carbons (Fsp3) is 0.105. The van der Waals surface area contributed by atoms with Crippen molar-refractivity contribution in [3.05, 3.63) is 58.1 Å². The quantitative estimate of drug-likeness (QED) is 0.594. The van der Waals surface area contributed by atoms with Crippen LogP contribution in [0.15, 0.2) is 52.5 Å². The van der Waals surface area contributed by atoms with Gasteiger partial charge >= 0.3 is 6.03 Å². The third kappa shape index (κ3) is 3.70. The molecule has 2 aromatic carbocycles. The smallest absolute Gasteiger partial charge is 0.335 e. The third-order valence-corrected chi connectivity index (χ3v) is 4.40. The van der Waals surface area contributed by atoms with Gasteiger partial charge in [0.15, 0.2) is 0 Å². The lowest BCUT2D eigenvalue weighted by Crippen LogP contribution is -2.54. The molecule has 0 saturated carbocycles. The maximum Gasteiger partial charge on any atom is 0.335 e. The van der Waals surface area contributed by atoms with Crippen molar-refractivity contribution in [2.24, 2.45) is 0 Å². The van der Waals surface area contributed by atoms with Gasteiger partial charge in [0.25, 0.3) is 11.8 Å². The Morgan fingerprint density at radius 2 is 1.81 bits per heavy atom. The van der Waals surface area contributed by atoms with Gasteiger partial charge in [-0.2, -0.15) is 0 Å². The Kier molecular flexibility index (Phi) is 5.27. The number of barbiturate groups is 1. The molecule has 0 aromatic heterocycles.